The molecule has 0 spiro atoms. The fourth-order valence-electron chi connectivity index (χ4n) is 1.78. The average molecular weight is 248 g/mol. The third-order valence-corrected chi connectivity index (χ3v) is 2.75. The van der Waals surface area contributed by atoms with E-state index >= 15 is 0 Å². The molecule has 1 N–H and O–H groups in total. The Kier molecular flexibility index (Phi) is 3.55. The van der Waals surface area contributed by atoms with E-state index in [-0.39, 0.29) is 23.8 Å². The zero-order valence-electron chi connectivity index (χ0n) is 10.5. The van der Waals surface area contributed by atoms with Crippen LogP contribution in [0.15, 0.2) is 18.6 Å². The molecule has 0 atom stereocenters. The van der Waals surface area contributed by atoms with Crippen molar-refractivity contribution in [2.45, 2.75) is 19.9 Å². The summed E-state index contributed by atoms with van der Waals surface area (Å²) in [4.78, 5) is 33.0. The highest BCUT2D eigenvalue weighted by atomic mass is 16.2. The topological polar surface area (TPSA) is 75.2 Å². The molecule has 0 unspecified atom stereocenters. The number of hydrogen-bond acceptors (Lipinski definition) is 4. The molecule has 1 aromatic rings. The predicted octanol–water partition coefficient (Wildman–Crippen LogP) is 0.0732. The molecule has 1 saturated heterocycles. The number of carbonyl (C=O) groups is 2. The number of rotatable bonds is 3. The standard InChI is InChI=1S/C12H16N4O2/c1-8(2)15-11(17)9-6-16(7-9)12(18)10-5-13-3-4-14-10/h3-5,8-9H,6-7H2,1-2H3,(H,15,17). The van der Waals surface area contributed by atoms with Crippen molar-refractivity contribution in [3.63, 3.8) is 0 Å². The first-order chi connectivity index (χ1) is 8.58. The maximum atomic E-state index is 11.9. The normalized spacial score (nSPS) is 15.4. The van der Waals surface area contributed by atoms with Crippen molar-refractivity contribution in [1.29, 1.82) is 0 Å². The lowest BCUT2D eigenvalue weighted by Crippen LogP contribution is -2.56. The second kappa shape index (κ2) is 5.12. The maximum Gasteiger partial charge on any atom is 0.274 e. The molecule has 1 aromatic heterocycles. The largest absolute Gasteiger partial charge is 0.354 e. The Bertz CT molecular complexity index is 441. The van der Waals surface area contributed by atoms with Gasteiger partial charge in [-0.2, -0.15) is 0 Å². The Balaban J connectivity index is 1.86. The second-order valence-electron chi connectivity index (χ2n) is 4.66. The average Bonchev–Trinajstić information content (AvgIpc) is 2.27. The highest BCUT2D eigenvalue weighted by Crippen LogP contribution is 2.17. The van der Waals surface area contributed by atoms with E-state index in [2.05, 4.69) is 15.3 Å². The zero-order chi connectivity index (χ0) is 13.1. The number of nitrogens with zero attached hydrogens (tertiary/aromatic N) is 3. The molecule has 18 heavy (non-hydrogen) atoms. The summed E-state index contributed by atoms with van der Waals surface area (Å²) in [6, 6.07) is 0.127. The Morgan fingerprint density at radius 1 is 1.39 bits per heavy atom. The molecule has 2 amide bonds. The summed E-state index contributed by atoms with van der Waals surface area (Å²) in [5, 5.41) is 2.84. The Morgan fingerprint density at radius 3 is 2.67 bits per heavy atom. The summed E-state index contributed by atoms with van der Waals surface area (Å²) in [5.41, 5.74) is 0.320. The minimum absolute atomic E-state index is 0.00759. The molecule has 1 fully saturated rings. The molecular formula is C12H16N4O2. The number of nitrogens with one attached hydrogen (secondary N) is 1. The van der Waals surface area contributed by atoms with E-state index in [0.717, 1.165) is 0 Å². The quantitative estimate of drug-likeness (QED) is 0.821. The highest BCUT2D eigenvalue weighted by molar-refractivity contribution is 5.94. The molecule has 6 heteroatoms. The zero-order valence-corrected chi connectivity index (χ0v) is 10.5. The van der Waals surface area contributed by atoms with Crippen molar-refractivity contribution < 1.29 is 9.59 Å². The fourth-order valence-corrected chi connectivity index (χ4v) is 1.78. The van der Waals surface area contributed by atoms with Crippen LogP contribution in [0, 0.1) is 5.92 Å². The molecule has 2 rings (SSSR count). The molecule has 1 aliphatic rings. The SMILES string of the molecule is CC(C)NC(=O)C1CN(C(=O)c2cnccn2)C1. The molecular weight excluding hydrogens is 232 g/mol. The summed E-state index contributed by atoms with van der Waals surface area (Å²) >= 11 is 0. The lowest BCUT2D eigenvalue weighted by atomic mass is 9.98. The van der Waals surface area contributed by atoms with Crippen LogP contribution in [-0.4, -0.2) is 45.8 Å². The van der Waals surface area contributed by atoms with Crippen LogP contribution in [0.3, 0.4) is 0 Å². The number of hydrogen-bond donors (Lipinski definition) is 1. The monoisotopic (exact) mass is 248 g/mol. The van der Waals surface area contributed by atoms with Crippen LogP contribution in [0.25, 0.3) is 0 Å². The van der Waals surface area contributed by atoms with Gasteiger partial charge in [0.1, 0.15) is 5.69 Å². The van der Waals surface area contributed by atoms with Crippen LogP contribution < -0.4 is 5.32 Å². The maximum absolute atomic E-state index is 11.9. The van der Waals surface area contributed by atoms with E-state index in [1.165, 1.54) is 18.6 Å². The van der Waals surface area contributed by atoms with Crippen molar-refractivity contribution in [2.24, 2.45) is 5.92 Å². The van der Waals surface area contributed by atoms with Gasteiger partial charge in [-0.3, -0.25) is 14.6 Å². The molecule has 6 nitrogen and oxygen atoms in total. The Morgan fingerprint density at radius 2 is 2.11 bits per heavy atom. The molecule has 0 saturated carbocycles. The number of likely N-dealkylation sites (tertiary alicyclic amines) is 1. The second-order valence-corrected chi connectivity index (χ2v) is 4.66. The first-order valence-corrected chi connectivity index (χ1v) is 5.93. The van der Waals surface area contributed by atoms with Crippen LogP contribution in [-0.2, 0) is 4.79 Å². The van der Waals surface area contributed by atoms with Crippen LogP contribution >= 0.6 is 0 Å². The summed E-state index contributed by atoms with van der Waals surface area (Å²) in [5.74, 6) is -0.266. The van der Waals surface area contributed by atoms with Gasteiger partial charge in [-0.05, 0) is 13.8 Å². The van der Waals surface area contributed by atoms with Crippen LogP contribution in [0.4, 0.5) is 0 Å². The molecule has 0 aliphatic carbocycles. The van der Waals surface area contributed by atoms with Crippen molar-refractivity contribution in [3.8, 4) is 0 Å². The Hall–Kier alpha value is -1.98. The smallest absolute Gasteiger partial charge is 0.274 e. The van der Waals surface area contributed by atoms with Crippen LogP contribution in [0.2, 0.25) is 0 Å². The van der Waals surface area contributed by atoms with Gasteiger partial charge in [0.05, 0.1) is 12.1 Å². The molecule has 0 aromatic carbocycles. The number of amides is 2. The third kappa shape index (κ3) is 2.64. The first kappa shape index (κ1) is 12.5. The van der Waals surface area contributed by atoms with Gasteiger partial charge in [-0.15, -0.1) is 0 Å². The van der Waals surface area contributed by atoms with Gasteiger partial charge in [0.2, 0.25) is 5.91 Å². The van der Waals surface area contributed by atoms with E-state index in [1.807, 2.05) is 13.8 Å². The Labute approximate surface area is 105 Å². The van der Waals surface area contributed by atoms with Gasteiger partial charge >= 0.3 is 0 Å². The first-order valence-electron chi connectivity index (χ1n) is 5.93. The molecule has 1 aliphatic heterocycles. The minimum atomic E-state index is -0.170. The van der Waals surface area contributed by atoms with Gasteiger partial charge in [0.15, 0.2) is 0 Å². The van der Waals surface area contributed by atoms with E-state index in [1.54, 1.807) is 4.90 Å². The van der Waals surface area contributed by atoms with Gasteiger partial charge in [-0.1, -0.05) is 0 Å². The molecule has 2 heterocycles. The van der Waals surface area contributed by atoms with Crippen molar-refractivity contribution in [3.05, 3.63) is 24.3 Å². The summed E-state index contributed by atoms with van der Waals surface area (Å²) in [6.45, 7) is 4.74. The van der Waals surface area contributed by atoms with Crippen LogP contribution in [0.1, 0.15) is 24.3 Å². The third-order valence-electron chi connectivity index (χ3n) is 2.75. The predicted molar refractivity (Wildman–Crippen MR) is 64.7 cm³/mol. The van der Waals surface area contributed by atoms with E-state index in [0.29, 0.717) is 18.8 Å². The molecule has 0 radical (unpaired) electrons. The fraction of sp³-hybridized carbons (Fsp3) is 0.500. The van der Waals surface area contributed by atoms with Crippen molar-refractivity contribution >= 4 is 11.8 Å². The summed E-state index contributed by atoms with van der Waals surface area (Å²) in [7, 11) is 0. The minimum Gasteiger partial charge on any atom is -0.354 e. The van der Waals surface area contributed by atoms with Gasteiger partial charge in [0, 0.05) is 31.5 Å². The number of aromatic nitrogens is 2. The summed E-state index contributed by atoms with van der Waals surface area (Å²) < 4.78 is 0. The van der Waals surface area contributed by atoms with Crippen molar-refractivity contribution in [1.82, 2.24) is 20.2 Å². The molecule has 0 bridgehead atoms. The van der Waals surface area contributed by atoms with E-state index < -0.39 is 0 Å². The van der Waals surface area contributed by atoms with Crippen molar-refractivity contribution in [2.75, 3.05) is 13.1 Å². The van der Waals surface area contributed by atoms with Crippen LogP contribution in [0.5, 0.6) is 0 Å². The van der Waals surface area contributed by atoms with Gasteiger partial charge in [-0.25, -0.2) is 4.98 Å². The van der Waals surface area contributed by atoms with Gasteiger partial charge in [0.25, 0.3) is 5.91 Å². The number of carbonyl (C=O) groups excluding carboxylic acids is 2. The molecule has 96 valence electrons. The van der Waals surface area contributed by atoms with Gasteiger partial charge < -0.3 is 10.2 Å². The lowest BCUT2D eigenvalue weighted by Gasteiger charge is -2.38. The lowest BCUT2D eigenvalue weighted by molar-refractivity contribution is -0.129. The van der Waals surface area contributed by atoms with E-state index in [9.17, 15) is 9.59 Å². The highest BCUT2D eigenvalue weighted by Gasteiger charge is 2.36. The van der Waals surface area contributed by atoms with E-state index in [4.69, 9.17) is 0 Å². The summed E-state index contributed by atoms with van der Waals surface area (Å²) in [6.07, 6.45) is 4.44.